The third-order valence-electron chi connectivity index (χ3n) is 2.70. The average Bonchev–Trinajstić information content (AvgIpc) is 2.44. The van der Waals surface area contributed by atoms with Gasteiger partial charge in [-0.3, -0.25) is 4.79 Å². The van der Waals surface area contributed by atoms with E-state index >= 15 is 0 Å². The standard InChI is InChI=1S/C12H27NO4.C2H4O2/c14-9-11(16)5-1-3-7-13-8-4-2-6-12(17)10-15;1-2(3)4/h11-17H,1-10H2;1H3,(H,3,4). The maximum absolute atomic E-state index is 9.09. The number of carboxylic acid groups (broad SMARTS) is 1. The average molecular weight is 309 g/mol. The first kappa shape index (κ1) is 22.5. The van der Waals surface area contributed by atoms with Gasteiger partial charge in [-0.2, -0.15) is 0 Å². The minimum Gasteiger partial charge on any atom is -0.481 e. The van der Waals surface area contributed by atoms with E-state index in [0.29, 0.717) is 12.8 Å². The Morgan fingerprint density at radius 2 is 1.24 bits per heavy atom. The van der Waals surface area contributed by atoms with Gasteiger partial charge in [0, 0.05) is 6.92 Å². The first-order valence-electron chi connectivity index (χ1n) is 7.42. The predicted octanol–water partition coefficient (Wildman–Crippen LogP) is -0.286. The summed E-state index contributed by atoms with van der Waals surface area (Å²) in [6.45, 7) is 2.61. The van der Waals surface area contributed by atoms with Crippen LogP contribution in [-0.4, -0.2) is 70.0 Å². The second-order valence-electron chi connectivity index (χ2n) is 4.93. The Morgan fingerprint density at radius 1 is 0.905 bits per heavy atom. The number of aliphatic carboxylic acids is 1. The lowest BCUT2D eigenvalue weighted by Crippen LogP contribution is -2.19. The van der Waals surface area contributed by atoms with E-state index in [1.54, 1.807) is 0 Å². The van der Waals surface area contributed by atoms with E-state index in [1.807, 2.05) is 0 Å². The molecule has 6 N–H and O–H groups in total. The first-order chi connectivity index (χ1) is 9.93. The fourth-order valence-corrected chi connectivity index (χ4v) is 1.57. The molecule has 0 aromatic carbocycles. The number of aliphatic hydroxyl groups excluding tert-OH is 4. The van der Waals surface area contributed by atoms with Crippen LogP contribution in [0.15, 0.2) is 0 Å². The highest BCUT2D eigenvalue weighted by atomic mass is 16.4. The number of hydrogen-bond acceptors (Lipinski definition) is 6. The van der Waals surface area contributed by atoms with Gasteiger partial charge in [0.15, 0.2) is 0 Å². The topological polar surface area (TPSA) is 130 Å². The molecule has 0 radical (unpaired) electrons. The van der Waals surface area contributed by atoms with E-state index in [9.17, 15) is 0 Å². The summed E-state index contributed by atoms with van der Waals surface area (Å²) in [6.07, 6.45) is 3.98. The Labute approximate surface area is 126 Å². The highest BCUT2D eigenvalue weighted by Gasteiger charge is 2.01. The molecule has 0 aliphatic rings. The second-order valence-corrected chi connectivity index (χ2v) is 4.93. The number of carbonyl (C=O) groups is 1. The first-order valence-corrected chi connectivity index (χ1v) is 7.42. The van der Waals surface area contributed by atoms with E-state index in [-0.39, 0.29) is 13.2 Å². The lowest BCUT2D eigenvalue weighted by atomic mass is 10.1. The van der Waals surface area contributed by atoms with Crippen LogP contribution in [0.1, 0.15) is 45.4 Å². The molecule has 0 amide bonds. The molecule has 7 heteroatoms. The molecule has 0 rings (SSSR count). The summed E-state index contributed by atoms with van der Waals surface area (Å²) in [5.74, 6) is -0.833. The molecule has 0 saturated carbocycles. The smallest absolute Gasteiger partial charge is 0.300 e. The highest BCUT2D eigenvalue weighted by Crippen LogP contribution is 2.01. The molecule has 0 aromatic heterocycles. The fourth-order valence-electron chi connectivity index (χ4n) is 1.57. The monoisotopic (exact) mass is 309 g/mol. The van der Waals surface area contributed by atoms with Crippen molar-refractivity contribution in [1.82, 2.24) is 5.32 Å². The molecule has 0 spiro atoms. The summed E-state index contributed by atoms with van der Waals surface area (Å²) in [5.41, 5.74) is 0. The fraction of sp³-hybridized carbons (Fsp3) is 0.929. The number of hydrogen-bond donors (Lipinski definition) is 6. The van der Waals surface area contributed by atoms with Crippen LogP contribution in [0.2, 0.25) is 0 Å². The van der Waals surface area contributed by atoms with Crippen LogP contribution in [0, 0.1) is 0 Å². The Balaban J connectivity index is 0. The Hall–Kier alpha value is -0.730. The van der Waals surface area contributed by atoms with Crippen molar-refractivity contribution in [3.8, 4) is 0 Å². The Morgan fingerprint density at radius 3 is 1.52 bits per heavy atom. The van der Waals surface area contributed by atoms with Crippen LogP contribution < -0.4 is 5.32 Å². The van der Waals surface area contributed by atoms with E-state index in [0.717, 1.165) is 45.7 Å². The summed E-state index contributed by atoms with van der Waals surface area (Å²) in [4.78, 5) is 9.00. The van der Waals surface area contributed by atoms with Crippen molar-refractivity contribution in [1.29, 1.82) is 0 Å². The summed E-state index contributed by atoms with van der Waals surface area (Å²) < 4.78 is 0. The van der Waals surface area contributed by atoms with Crippen molar-refractivity contribution in [2.75, 3.05) is 26.3 Å². The van der Waals surface area contributed by atoms with Crippen molar-refractivity contribution in [2.45, 2.75) is 57.7 Å². The number of nitrogens with one attached hydrogen (secondary N) is 1. The molecule has 0 fully saturated rings. The lowest BCUT2D eigenvalue weighted by molar-refractivity contribution is -0.134. The summed E-state index contributed by atoms with van der Waals surface area (Å²) in [5, 5.41) is 46.1. The van der Waals surface area contributed by atoms with Gasteiger partial charge in [-0.1, -0.05) is 0 Å². The van der Waals surface area contributed by atoms with E-state index in [1.165, 1.54) is 0 Å². The van der Waals surface area contributed by atoms with Gasteiger partial charge in [-0.15, -0.1) is 0 Å². The quantitative estimate of drug-likeness (QED) is 0.273. The molecule has 2 unspecified atom stereocenters. The summed E-state index contributed by atoms with van der Waals surface area (Å²) >= 11 is 0. The van der Waals surface area contributed by atoms with Gasteiger partial charge in [-0.25, -0.2) is 0 Å². The molecule has 0 aromatic rings. The molecule has 0 aliphatic carbocycles. The zero-order valence-corrected chi connectivity index (χ0v) is 12.9. The second kappa shape index (κ2) is 17.3. The van der Waals surface area contributed by atoms with Crippen molar-refractivity contribution >= 4 is 5.97 Å². The van der Waals surface area contributed by atoms with Gasteiger partial charge >= 0.3 is 0 Å². The maximum Gasteiger partial charge on any atom is 0.300 e. The van der Waals surface area contributed by atoms with Crippen LogP contribution in [0.25, 0.3) is 0 Å². The lowest BCUT2D eigenvalue weighted by Gasteiger charge is -2.08. The van der Waals surface area contributed by atoms with Crippen LogP contribution in [0.5, 0.6) is 0 Å². The number of unbranched alkanes of at least 4 members (excludes halogenated alkanes) is 2. The van der Waals surface area contributed by atoms with Crippen LogP contribution >= 0.6 is 0 Å². The Kier molecular flexibility index (Phi) is 18.6. The maximum atomic E-state index is 9.09. The molecule has 2 atom stereocenters. The SMILES string of the molecule is CC(=O)O.OCC(O)CCCCNCCCCC(O)CO. The third kappa shape index (κ3) is 24.6. The van der Waals surface area contributed by atoms with Gasteiger partial charge in [0.05, 0.1) is 25.4 Å². The van der Waals surface area contributed by atoms with Gasteiger partial charge in [0.2, 0.25) is 0 Å². The van der Waals surface area contributed by atoms with Crippen LogP contribution in [0.3, 0.4) is 0 Å². The molecule has 128 valence electrons. The van der Waals surface area contributed by atoms with E-state index < -0.39 is 18.2 Å². The van der Waals surface area contributed by atoms with Gasteiger partial charge in [-0.05, 0) is 51.6 Å². The van der Waals surface area contributed by atoms with Crippen LogP contribution in [-0.2, 0) is 4.79 Å². The largest absolute Gasteiger partial charge is 0.481 e. The van der Waals surface area contributed by atoms with E-state index in [2.05, 4.69) is 5.32 Å². The van der Waals surface area contributed by atoms with Gasteiger partial charge in [0.1, 0.15) is 0 Å². The van der Waals surface area contributed by atoms with E-state index in [4.69, 9.17) is 30.3 Å². The van der Waals surface area contributed by atoms with Gasteiger partial charge in [0.25, 0.3) is 5.97 Å². The van der Waals surface area contributed by atoms with Crippen molar-refractivity contribution in [3.63, 3.8) is 0 Å². The molecule has 7 nitrogen and oxygen atoms in total. The molecule has 0 heterocycles. The minimum absolute atomic E-state index is 0.152. The van der Waals surface area contributed by atoms with Crippen molar-refractivity contribution in [3.05, 3.63) is 0 Å². The molecular formula is C14H31NO6. The number of aliphatic hydroxyl groups is 4. The van der Waals surface area contributed by atoms with Crippen molar-refractivity contribution in [2.24, 2.45) is 0 Å². The van der Waals surface area contributed by atoms with Crippen LogP contribution in [0.4, 0.5) is 0 Å². The third-order valence-corrected chi connectivity index (χ3v) is 2.70. The predicted molar refractivity (Wildman–Crippen MR) is 80.1 cm³/mol. The van der Waals surface area contributed by atoms with Gasteiger partial charge < -0.3 is 30.8 Å². The molecule has 0 saturated heterocycles. The zero-order chi connectivity index (χ0) is 16.5. The highest BCUT2D eigenvalue weighted by molar-refractivity contribution is 5.62. The zero-order valence-electron chi connectivity index (χ0n) is 12.9. The molecular weight excluding hydrogens is 278 g/mol. The van der Waals surface area contributed by atoms with Crippen molar-refractivity contribution < 1.29 is 30.3 Å². The summed E-state index contributed by atoms with van der Waals surface area (Å²) in [7, 11) is 0. The number of rotatable bonds is 12. The molecule has 0 aliphatic heterocycles. The minimum atomic E-state index is -0.833. The summed E-state index contributed by atoms with van der Waals surface area (Å²) in [6, 6.07) is 0. The molecule has 0 bridgehead atoms. The molecule has 21 heavy (non-hydrogen) atoms. The normalized spacial score (nSPS) is 13.2. The Bertz CT molecular complexity index is 208. The number of carboxylic acids is 1.